The molecule has 3 aliphatic heterocycles. The number of carbonyl (C=O) groups is 4. The maximum absolute atomic E-state index is 13.5. The molecule has 5 rings (SSSR count). The predicted octanol–water partition coefficient (Wildman–Crippen LogP) is -1.86. The average Bonchev–Trinajstić information content (AvgIpc) is 3.56. The summed E-state index contributed by atoms with van der Waals surface area (Å²) in [6.45, 7) is 5.67. The molecule has 4 atom stereocenters. The van der Waals surface area contributed by atoms with Crippen LogP contribution >= 0.6 is 11.3 Å². The van der Waals surface area contributed by atoms with Gasteiger partial charge in [-0.2, -0.15) is 13.5 Å². The zero-order valence-corrected chi connectivity index (χ0v) is 30.9. The van der Waals surface area contributed by atoms with Crippen LogP contribution in [0.2, 0.25) is 0 Å². The van der Waals surface area contributed by atoms with Crippen molar-refractivity contribution in [1.29, 1.82) is 0 Å². The molecule has 2 amide bonds. The first kappa shape index (κ1) is 41.6. The van der Waals surface area contributed by atoms with E-state index in [1.54, 1.807) is 6.07 Å². The molecule has 0 bridgehead atoms. The van der Waals surface area contributed by atoms with Gasteiger partial charge in [0.05, 0.1) is 18.1 Å². The first-order valence-corrected chi connectivity index (χ1v) is 18.5. The molecule has 0 aliphatic carbocycles. The van der Waals surface area contributed by atoms with E-state index >= 15 is 0 Å². The summed E-state index contributed by atoms with van der Waals surface area (Å²) in [6.07, 6.45) is -0.373. The predicted molar refractivity (Wildman–Crippen MR) is 192 cm³/mol. The van der Waals surface area contributed by atoms with E-state index in [9.17, 15) is 27.9 Å². The number of aromatic nitrogens is 1. The number of nitrogen functional groups attached to an aromatic ring is 1. The van der Waals surface area contributed by atoms with Crippen molar-refractivity contribution >= 4 is 62.8 Å². The molecule has 1 aromatic carbocycles. The first-order valence-electron chi connectivity index (χ1n) is 16.2. The van der Waals surface area contributed by atoms with Gasteiger partial charge in [-0.3, -0.25) is 23.9 Å². The third-order valence-corrected chi connectivity index (χ3v) is 9.87. The average molecular weight is 799 g/mol. The van der Waals surface area contributed by atoms with Crippen LogP contribution in [0.25, 0.3) is 0 Å². The summed E-state index contributed by atoms with van der Waals surface area (Å²) in [7, 11) is -5.03. The molecule has 2 aromatic rings. The number of nitrogens with one attached hydrogen (secondary N) is 3. The van der Waals surface area contributed by atoms with Gasteiger partial charge >= 0.3 is 16.4 Å². The number of hydrogen-bond donors (Lipinski definition) is 9. The van der Waals surface area contributed by atoms with E-state index in [-0.39, 0.29) is 35.7 Å². The van der Waals surface area contributed by atoms with Crippen LogP contribution in [0.1, 0.15) is 49.9 Å². The summed E-state index contributed by atoms with van der Waals surface area (Å²) >= 11 is 0.968. The second-order valence-corrected chi connectivity index (χ2v) is 14.8. The lowest BCUT2D eigenvalue weighted by molar-refractivity contribution is -0.218. The van der Waals surface area contributed by atoms with Gasteiger partial charge in [0.15, 0.2) is 22.9 Å². The van der Waals surface area contributed by atoms with Gasteiger partial charge in [0.25, 0.3) is 23.9 Å². The summed E-state index contributed by atoms with van der Waals surface area (Å²) in [4.78, 5) is 61.4. The van der Waals surface area contributed by atoms with Crippen molar-refractivity contribution in [3.05, 3.63) is 40.4 Å². The molecule has 0 spiro atoms. The fourth-order valence-corrected chi connectivity index (χ4v) is 6.72. The highest BCUT2D eigenvalue weighted by Crippen LogP contribution is 2.36. The number of carbonyl (C=O) groups excluding carboxylic acids is 2. The van der Waals surface area contributed by atoms with Gasteiger partial charge in [-0.05, 0) is 50.8 Å². The minimum absolute atomic E-state index is 0.0608. The molecule has 12 N–H and O–H groups in total. The smallest absolute Gasteiger partial charge is 0.418 e. The zero-order valence-electron chi connectivity index (χ0n) is 29.3. The van der Waals surface area contributed by atoms with E-state index in [1.807, 2.05) is 12.1 Å². The highest BCUT2D eigenvalue weighted by Gasteiger charge is 2.58. The van der Waals surface area contributed by atoms with E-state index in [0.29, 0.717) is 49.4 Å². The molecular formula is C30H42N10O12S2. The van der Waals surface area contributed by atoms with E-state index < -0.39 is 57.2 Å². The Balaban J connectivity index is 0.00000209. The molecule has 1 saturated heterocycles. The number of guanidine groups is 1. The van der Waals surface area contributed by atoms with Gasteiger partial charge in [-0.15, -0.1) is 15.6 Å². The van der Waals surface area contributed by atoms with Gasteiger partial charge in [0.2, 0.25) is 0 Å². The molecular weight excluding hydrogens is 757 g/mol. The highest BCUT2D eigenvalue weighted by molar-refractivity contribution is 7.80. The fourth-order valence-electron chi connectivity index (χ4n) is 5.72. The summed E-state index contributed by atoms with van der Waals surface area (Å²) in [5.41, 5.74) is 15.0. The Morgan fingerprint density at radius 3 is 2.54 bits per heavy atom. The van der Waals surface area contributed by atoms with Gasteiger partial charge in [-0.25, -0.2) is 9.78 Å². The molecule has 54 heavy (non-hydrogen) atoms. The Kier molecular flexibility index (Phi) is 13.0. The molecule has 3 aliphatic rings. The van der Waals surface area contributed by atoms with Crippen molar-refractivity contribution < 1.29 is 56.2 Å². The lowest BCUT2D eigenvalue weighted by Gasteiger charge is -2.50. The lowest BCUT2D eigenvalue weighted by Crippen LogP contribution is -2.76. The minimum atomic E-state index is -5.03. The van der Waals surface area contributed by atoms with Crippen molar-refractivity contribution in [2.45, 2.75) is 68.9 Å². The van der Waals surface area contributed by atoms with Crippen molar-refractivity contribution in [3.8, 4) is 5.75 Å². The van der Waals surface area contributed by atoms with Crippen molar-refractivity contribution in [3.63, 3.8) is 0 Å². The monoisotopic (exact) mass is 798 g/mol. The number of carboxylic acids is 1. The molecule has 4 heterocycles. The van der Waals surface area contributed by atoms with Gasteiger partial charge < -0.3 is 52.9 Å². The largest absolute Gasteiger partial charge is 0.485 e. The number of nitrogens with two attached hydrogens (primary N) is 3. The van der Waals surface area contributed by atoms with Crippen LogP contribution in [0.4, 0.5) is 5.13 Å². The number of amides is 2. The fraction of sp³-hybridized carbons (Fsp3) is 0.500. The number of oxime groups is 1. The van der Waals surface area contributed by atoms with Crippen molar-refractivity contribution in [1.82, 2.24) is 26.0 Å². The number of aryl methyl sites for hydroxylation is 1. The van der Waals surface area contributed by atoms with Gasteiger partial charge in [0.1, 0.15) is 17.5 Å². The second-order valence-electron chi connectivity index (χ2n) is 12.9. The number of benzene rings is 1. The molecule has 0 saturated carbocycles. The lowest BCUT2D eigenvalue weighted by atomic mass is 9.84. The number of aliphatic imine (C=N–C) groups is 1. The quantitative estimate of drug-likeness (QED) is 0.0353. The van der Waals surface area contributed by atoms with E-state index in [0.717, 1.165) is 22.5 Å². The molecule has 24 heteroatoms. The Bertz CT molecular complexity index is 1900. The van der Waals surface area contributed by atoms with Crippen LogP contribution in [-0.2, 0) is 45.1 Å². The van der Waals surface area contributed by atoms with Crippen LogP contribution in [0, 0.1) is 0 Å². The van der Waals surface area contributed by atoms with Crippen LogP contribution in [-0.4, -0.2) is 125 Å². The molecule has 1 aromatic heterocycles. The van der Waals surface area contributed by atoms with E-state index in [1.165, 1.54) is 26.2 Å². The number of aliphatic carboxylic acids is 1. The van der Waals surface area contributed by atoms with E-state index in [2.05, 4.69) is 35.4 Å². The van der Waals surface area contributed by atoms with Crippen molar-refractivity contribution in [2.75, 3.05) is 31.9 Å². The SMILES string of the molecule is CC(O/N=C(\C(=O)N[C@@H]1C(=O)N(OS(=O)(=O)O)C1(C)C)c1csc(N)n1)(C(=O)O)[C@H]1CCc2cc(C3CN=C(NC(CN)CN)NC3)ccc2O1.O=CO. The Morgan fingerprint density at radius 1 is 1.31 bits per heavy atom. The Hall–Kier alpha value is -5.14. The molecule has 0 radical (unpaired) electrons. The summed E-state index contributed by atoms with van der Waals surface area (Å²) in [5, 5.41) is 31.8. The number of fused-ring (bicyclic) bond motifs is 1. The third kappa shape index (κ3) is 9.31. The molecule has 1 fully saturated rings. The maximum atomic E-state index is 13.5. The molecule has 22 nitrogen and oxygen atoms in total. The normalized spacial score (nSPS) is 21.7. The van der Waals surface area contributed by atoms with Crippen LogP contribution in [0.3, 0.4) is 0 Å². The minimum Gasteiger partial charge on any atom is -0.485 e. The zero-order chi connectivity index (χ0) is 40.0. The van der Waals surface area contributed by atoms with Gasteiger partial charge in [-0.1, -0.05) is 17.3 Å². The third-order valence-electron chi connectivity index (χ3n) is 8.86. The summed E-state index contributed by atoms with van der Waals surface area (Å²) in [5.74, 6) is -2.25. The number of hydroxylamine groups is 2. The van der Waals surface area contributed by atoms with Crippen LogP contribution in [0.5, 0.6) is 5.75 Å². The number of nitrogens with zero attached hydrogens (tertiary/aromatic N) is 4. The molecule has 2 unspecified atom stereocenters. The van der Waals surface area contributed by atoms with E-state index in [4.69, 9.17) is 41.2 Å². The number of hydrogen-bond acceptors (Lipinski definition) is 18. The number of carboxylic acid groups (broad SMARTS) is 2. The Morgan fingerprint density at radius 2 is 2.00 bits per heavy atom. The standard InChI is InChI=1S/C29H40N10O10S2.CH2O2/c1-28(2)22(24(41)39(28)49-51(44,45)46)37-23(40)21(18-13-50-26(32)36-18)38-48-29(3,25(42)43)20-7-5-15-8-14(4-6-19(15)47-20)16-11-33-27(34-12-16)35-17(9-30)10-31;2-1-3/h4,6,8,13,16-17,20,22H,5,7,9-12,30-31H2,1-3H3,(H2,32,36)(H,37,40)(H,42,43)(H2,33,34,35)(H,44,45,46);1H,(H,2,3)/b38-21-;/t20-,22-,29?;/m1./s1. The summed E-state index contributed by atoms with van der Waals surface area (Å²) in [6, 6.07) is 4.24. The number of thiazole rings is 1. The molecule has 296 valence electrons. The maximum Gasteiger partial charge on any atom is 0.418 e. The number of rotatable bonds is 13. The highest BCUT2D eigenvalue weighted by atomic mass is 32.3. The van der Waals surface area contributed by atoms with Crippen LogP contribution in [0.15, 0.2) is 33.7 Å². The number of β-lactam (4-membered cyclic amide) rings is 1. The number of ether oxygens (including phenoxy) is 1. The number of anilines is 1. The summed E-state index contributed by atoms with van der Waals surface area (Å²) < 4.78 is 41.8. The topological polar surface area (TPSA) is 346 Å². The van der Waals surface area contributed by atoms with Crippen molar-refractivity contribution in [2.24, 2.45) is 21.6 Å². The second kappa shape index (κ2) is 16.9. The van der Waals surface area contributed by atoms with Gasteiger partial charge in [0, 0.05) is 30.9 Å². The first-order chi connectivity index (χ1) is 25.4. The van der Waals surface area contributed by atoms with Crippen LogP contribution < -0.4 is 37.9 Å². The Labute approximate surface area is 313 Å².